The van der Waals surface area contributed by atoms with Crippen LogP contribution in [0.1, 0.15) is 59.8 Å². The Kier molecular flexibility index (Phi) is 5.61. The number of aliphatic imine (C=N–C) groups is 1. The summed E-state index contributed by atoms with van der Waals surface area (Å²) in [5.74, 6) is 2.41. The Bertz CT molecular complexity index is 312. The standard InChI is InChI=1S/C16H30N2S/c1-11(2)9-13-10-17-16(19-13)18-15-8-6-5-7-14(15)12(3)4/h11-15H,5-10H2,1-4H3,(H,17,18). The van der Waals surface area contributed by atoms with Crippen molar-refractivity contribution in [3.05, 3.63) is 0 Å². The van der Waals surface area contributed by atoms with Crippen molar-refractivity contribution in [3.63, 3.8) is 0 Å². The Hall–Kier alpha value is -0.180. The third-order valence-corrected chi connectivity index (χ3v) is 5.58. The first-order valence-corrected chi connectivity index (χ1v) is 8.92. The monoisotopic (exact) mass is 282 g/mol. The highest BCUT2D eigenvalue weighted by atomic mass is 32.2. The zero-order chi connectivity index (χ0) is 13.8. The lowest BCUT2D eigenvalue weighted by Crippen LogP contribution is -2.42. The van der Waals surface area contributed by atoms with Gasteiger partial charge in [-0.2, -0.15) is 0 Å². The van der Waals surface area contributed by atoms with Crippen LogP contribution in [-0.4, -0.2) is 23.0 Å². The van der Waals surface area contributed by atoms with Gasteiger partial charge in [-0.3, -0.25) is 4.99 Å². The normalized spacial score (nSPS) is 31.9. The molecule has 0 amide bonds. The second-order valence-corrected chi connectivity index (χ2v) is 8.25. The Morgan fingerprint density at radius 2 is 1.95 bits per heavy atom. The fourth-order valence-electron chi connectivity index (χ4n) is 3.44. The van der Waals surface area contributed by atoms with Gasteiger partial charge in [0.05, 0.1) is 6.54 Å². The van der Waals surface area contributed by atoms with Crippen LogP contribution in [0.3, 0.4) is 0 Å². The third-order valence-electron chi connectivity index (χ3n) is 4.44. The molecule has 2 nitrogen and oxygen atoms in total. The van der Waals surface area contributed by atoms with Crippen LogP contribution in [-0.2, 0) is 0 Å². The zero-order valence-corrected chi connectivity index (χ0v) is 13.8. The van der Waals surface area contributed by atoms with Crippen LogP contribution in [0.5, 0.6) is 0 Å². The third kappa shape index (κ3) is 4.40. The van der Waals surface area contributed by atoms with E-state index in [1.807, 2.05) is 11.8 Å². The van der Waals surface area contributed by atoms with Crippen molar-refractivity contribution in [2.75, 3.05) is 6.54 Å². The molecule has 0 aromatic rings. The summed E-state index contributed by atoms with van der Waals surface area (Å²) in [6, 6.07) is 0.665. The van der Waals surface area contributed by atoms with Crippen molar-refractivity contribution in [2.45, 2.75) is 71.1 Å². The van der Waals surface area contributed by atoms with Gasteiger partial charge in [-0.05, 0) is 37.0 Å². The molecule has 1 heterocycles. The molecule has 0 spiro atoms. The summed E-state index contributed by atoms with van der Waals surface area (Å²) in [5.41, 5.74) is 0. The Balaban J connectivity index is 1.83. The van der Waals surface area contributed by atoms with Crippen molar-refractivity contribution in [2.24, 2.45) is 22.7 Å². The molecule has 1 aliphatic heterocycles. The Labute approximate surface area is 123 Å². The van der Waals surface area contributed by atoms with Gasteiger partial charge in [-0.1, -0.05) is 52.3 Å². The van der Waals surface area contributed by atoms with E-state index in [1.165, 1.54) is 37.3 Å². The molecule has 0 aromatic carbocycles. The summed E-state index contributed by atoms with van der Waals surface area (Å²) in [4.78, 5) is 4.73. The number of nitrogens with one attached hydrogen (secondary N) is 1. The van der Waals surface area contributed by atoms with Crippen molar-refractivity contribution in [3.8, 4) is 0 Å². The van der Waals surface area contributed by atoms with Gasteiger partial charge in [0, 0.05) is 11.3 Å². The molecule has 0 aromatic heterocycles. The SMILES string of the molecule is CC(C)CC1CN=C(NC2CCCCC2C(C)C)S1. The van der Waals surface area contributed by atoms with Gasteiger partial charge >= 0.3 is 0 Å². The molecule has 0 bridgehead atoms. The summed E-state index contributed by atoms with van der Waals surface area (Å²) in [5, 5.41) is 5.70. The van der Waals surface area contributed by atoms with E-state index >= 15 is 0 Å². The molecule has 0 radical (unpaired) electrons. The topological polar surface area (TPSA) is 24.4 Å². The van der Waals surface area contributed by atoms with Crippen LogP contribution in [0.2, 0.25) is 0 Å². The van der Waals surface area contributed by atoms with Gasteiger partial charge in [0.1, 0.15) is 0 Å². The minimum Gasteiger partial charge on any atom is -0.362 e. The highest BCUT2D eigenvalue weighted by molar-refractivity contribution is 8.14. The first kappa shape index (κ1) is 15.2. The average Bonchev–Trinajstić information content (AvgIpc) is 2.76. The van der Waals surface area contributed by atoms with Crippen molar-refractivity contribution in [1.29, 1.82) is 0 Å². The van der Waals surface area contributed by atoms with E-state index in [-0.39, 0.29) is 0 Å². The molecule has 1 N–H and O–H groups in total. The summed E-state index contributed by atoms with van der Waals surface area (Å²) in [6.45, 7) is 10.4. The predicted molar refractivity (Wildman–Crippen MR) is 86.9 cm³/mol. The van der Waals surface area contributed by atoms with Gasteiger partial charge in [0.15, 0.2) is 5.17 Å². The molecule has 0 saturated heterocycles. The van der Waals surface area contributed by atoms with Crippen molar-refractivity contribution >= 4 is 16.9 Å². The smallest absolute Gasteiger partial charge is 0.157 e. The highest BCUT2D eigenvalue weighted by Gasteiger charge is 2.30. The van der Waals surface area contributed by atoms with E-state index in [1.54, 1.807) is 0 Å². The molecular weight excluding hydrogens is 252 g/mol. The summed E-state index contributed by atoms with van der Waals surface area (Å²) in [6.07, 6.45) is 6.81. The zero-order valence-electron chi connectivity index (χ0n) is 13.0. The van der Waals surface area contributed by atoms with E-state index in [0.717, 1.165) is 24.3 Å². The molecule has 3 unspecified atom stereocenters. The molecule has 1 aliphatic carbocycles. The lowest BCUT2D eigenvalue weighted by Gasteiger charge is -2.35. The van der Waals surface area contributed by atoms with Crippen LogP contribution >= 0.6 is 11.8 Å². The summed E-state index contributed by atoms with van der Waals surface area (Å²) >= 11 is 1.99. The molecular formula is C16H30N2S. The molecule has 2 aliphatic rings. The van der Waals surface area contributed by atoms with Gasteiger partial charge in [-0.25, -0.2) is 0 Å². The first-order valence-electron chi connectivity index (χ1n) is 8.04. The predicted octanol–water partition coefficient (Wildman–Crippen LogP) is 4.31. The second kappa shape index (κ2) is 7.01. The van der Waals surface area contributed by atoms with Crippen molar-refractivity contribution < 1.29 is 0 Å². The maximum absolute atomic E-state index is 4.73. The molecule has 19 heavy (non-hydrogen) atoms. The maximum Gasteiger partial charge on any atom is 0.157 e. The quantitative estimate of drug-likeness (QED) is 0.831. The average molecular weight is 282 g/mol. The molecule has 1 saturated carbocycles. The number of amidine groups is 1. The summed E-state index contributed by atoms with van der Waals surface area (Å²) in [7, 11) is 0. The van der Waals surface area contributed by atoms with Crippen LogP contribution in [0.4, 0.5) is 0 Å². The number of thioether (sulfide) groups is 1. The van der Waals surface area contributed by atoms with Crippen LogP contribution in [0.15, 0.2) is 4.99 Å². The number of nitrogens with zero attached hydrogens (tertiary/aromatic N) is 1. The molecule has 110 valence electrons. The van der Waals surface area contributed by atoms with E-state index in [9.17, 15) is 0 Å². The second-order valence-electron chi connectivity index (χ2n) is 6.96. The summed E-state index contributed by atoms with van der Waals surface area (Å²) < 4.78 is 0. The minimum atomic E-state index is 0.665. The molecule has 3 atom stereocenters. The maximum atomic E-state index is 4.73. The van der Waals surface area contributed by atoms with E-state index < -0.39 is 0 Å². The van der Waals surface area contributed by atoms with Gasteiger partial charge < -0.3 is 5.32 Å². The van der Waals surface area contributed by atoms with Gasteiger partial charge in [-0.15, -0.1) is 0 Å². The highest BCUT2D eigenvalue weighted by Crippen LogP contribution is 2.32. The first-order chi connectivity index (χ1) is 9.06. The fraction of sp³-hybridized carbons (Fsp3) is 0.938. The Morgan fingerprint density at radius 3 is 2.63 bits per heavy atom. The number of rotatable bonds is 4. The van der Waals surface area contributed by atoms with E-state index in [4.69, 9.17) is 4.99 Å². The van der Waals surface area contributed by atoms with Crippen LogP contribution in [0.25, 0.3) is 0 Å². The molecule has 1 fully saturated rings. The Morgan fingerprint density at radius 1 is 1.21 bits per heavy atom. The van der Waals surface area contributed by atoms with E-state index in [2.05, 4.69) is 33.0 Å². The number of hydrogen-bond acceptors (Lipinski definition) is 3. The largest absolute Gasteiger partial charge is 0.362 e. The molecule has 2 rings (SSSR count). The van der Waals surface area contributed by atoms with E-state index in [0.29, 0.717) is 11.3 Å². The van der Waals surface area contributed by atoms with Crippen LogP contribution in [0, 0.1) is 17.8 Å². The van der Waals surface area contributed by atoms with Gasteiger partial charge in [0.2, 0.25) is 0 Å². The number of hydrogen-bond donors (Lipinski definition) is 1. The fourth-order valence-corrected chi connectivity index (χ4v) is 4.75. The lowest BCUT2D eigenvalue weighted by atomic mass is 9.78. The lowest BCUT2D eigenvalue weighted by molar-refractivity contribution is 0.225. The van der Waals surface area contributed by atoms with Crippen LogP contribution < -0.4 is 5.32 Å². The van der Waals surface area contributed by atoms with Gasteiger partial charge in [0.25, 0.3) is 0 Å². The van der Waals surface area contributed by atoms with Crippen molar-refractivity contribution in [1.82, 2.24) is 5.32 Å². The minimum absolute atomic E-state index is 0.665. The molecule has 3 heteroatoms.